The van der Waals surface area contributed by atoms with Crippen LogP contribution in [0.25, 0.3) is 0 Å². The van der Waals surface area contributed by atoms with Gasteiger partial charge in [-0.05, 0) is 29.3 Å². The Bertz CT molecular complexity index is 984. The summed E-state index contributed by atoms with van der Waals surface area (Å²) in [5, 5.41) is 20.5. The van der Waals surface area contributed by atoms with Crippen molar-refractivity contribution in [2.75, 3.05) is 18.1 Å². The van der Waals surface area contributed by atoms with Gasteiger partial charge in [-0.3, -0.25) is 0 Å². The maximum absolute atomic E-state index is 11.6. The first-order valence-electron chi connectivity index (χ1n) is 9.11. The third-order valence-corrected chi connectivity index (χ3v) is 5.62. The Kier molecular flexibility index (Phi) is 9.06. The maximum Gasteiger partial charge on any atom is 1.00 e. The molecule has 2 atom stereocenters. The second-order valence-electron chi connectivity index (χ2n) is 6.58. The number of anilines is 1. The smallest absolute Gasteiger partial charge is 0.744 e. The topological polar surface area (TPSA) is 101 Å². The molecule has 0 amide bonds. The van der Waals surface area contributed by atoms with Crippen LogP contribution in [0.3, 0.4) is 0 Å². The Morgan fingerprint density at radius 1 is 0.767 bits per heavy atom. The molecule has 0 fully saturated rings. The van der Waals surface area contributed by atoms with E-state index in [1.165, 1.54) is 18.2 Å². The average molecular weight is 435 g/mol. The molecule has 0 radical (unpaired) electrons. The van der Waals surface area contributed by atoms with Crippen molar-refractivity contribution in [1.82, 2.24) is 0 Å². The molecule has 6 nitrogen and oxygen atoms in total. The number of aliphatic hydroxyl groups is 2. The van der Waals surface area contributed by atoms with Crippen LogP contribution < -0.4 is 34.5 Å². The van der Waals surface area contributed by atoms with E-state index in [0.717, 1.165) is 11.1 Å². The molecule has 3 aromatic rings. The van der Waals surface area contributed by atoms with Gasteiger partial charge in [0.05, 0.1) is 30.2 Å². The molecule has 0 aliphatic carbocycles. The van der Waals surface area contributed by atoms with Crippen LogP contribution in [0.5, 0.6) is 0 Å². The molecule has 0 aromatic heterocycles. The van der Waals surface area contributed by atoms with E-state index < -0.39 is 22.2 Å². The standard InChI is InChI=1S/C22H23NO5S.Na/c24-15-21(17-8-3-1-4-9-17)23(22(16-25)18-10-5-2-6-11-18)19-12-7-13-20(14-19)29(26,27)28;/h1-14,21-22,24-25H,15-16H2,(H,26,27,28);/q;+1/p-1. The number of nitrogens with zero attached hydrogens (tertiary/aromatic N) is 1. The van der Waals surface area contributed by atoms with Crippen molar-refractivity contribution < 1.29 is 52.7 Å². The predicted octanol–water partition coefficient (Wildman–Crippen LogP) is -0.132. The zero-order chi connectivity index (χ0) is 20.9. The minimum Gasteiger partial charge on any atom is -0.744 e. The molecule has 2 N–H and O–H groups in total. The second-order valence-corrected chi connectivity index (χ2v) is 7.96. The van der Waals surface area contributed by atoms with E-state index in [1.54, 1.807) is 11.0 Å². The molecule has 8 heteroatoms. The van der Waals surface area contributed by atoms with Gasteiger partial charge >= 0.3 is 29.6 Å². The quantitative estimate of drug-likeness (QED) is 0.378. The zero-order valence-corrected chi connectivity index (χ0v) is 19.4. The number of hydrogen-bond acceptors (Lipinski definition) is 6. The van der Waals surface area contributed by atoms with Gasteiger partial charge in [-0.1, -0.05) is 66.7 Å². The van der Waals surface area contributed by atoms with Crippen LogP contribution in [0.1, 0.15) is 23.2 Å². The fourth-order valence-electron chi connectivity index (χ4n) is 3.44. The molecule has 30 heavy (non-hydrogen) atoms. The van der Waals surface area contributed by atoms with Gasteiger partial charge in [0, 0.05) is 5.69 Å². The van der Waals surface area contributed by atoms with Gasteiger partial charge < -0.3 is 19.7 Å². The molecule has 0 aliphatic heterocycles. The summed E-state index contributed by atoms with van der Waals surface area (Å²) in [7, 11) is -4.65. The van der Waals surface area contributed by atoms with Gasteiger partial charge in [0.25, 0.3) is 0 Å². The molecular weight excluding hydrogens is 413 g/mol. The number of aliphatic hydroxyl groups excluding tert-OH is 2. The minimum atomic E-state index is -4.65. The predicted molar refractivity (Wildman–Crippen MR) is 109 cm³/mol. The zero-order valence-electron chi connectivity index (χ0n) is 16.6. The van der Waals surface area contributed by atoms with Gasteiger partial charge in [0.2, 0.25) is 0 Å². The summed E-state index contributed by atoms with van der Waals surface area (Å²) in [6.07, 6.45) is 0. The van der Waals surface area contributed by atoms with Crippen molar-refractivity contribution in [3.05, 3.63) is 96.1 Å². The maximum atomic E-state index is 11.6. The molecule has 0 bridgehead atoms. The summed E-state index contributed by atoms with van der Waals surface area (Å²) in [4.78, 5) is 1.38. The van der Waals surface area contributed by atoms with Crippen LogP contribution in [0, 0.1) is 0 Å². The summed E-state index contributed by atoms with van der Waals surface area (Å²) in [6, 6.07) is 23.0. The largest absolute Gasteiger partial charge is 1.00 e. The van der Waals surface area contributed by atoms with Gasteiger partial charge in [-0.25, -0.2) is 8.42 Å². The van der Waals surface area contributed by atoms with Crippen molar-refractivity contribution >= 4 is 15.8 Å². The number of hydrogen-bond donors (Lipinski definition) is 2. The fraction of sp³-hybridized carbons (Fsp3) is 0.182. The monoisotopic (exact) mass is 435 g/mol. The van der Waals surface area contributed by atoms with Crippen molar-refractivity contribution in [2.45, 2.75) is 17.0 Å². The molecule has 3 rings (SSSR count). The van der Waals surface area contributed by atoms with E-state index in [1.807, 2.05) is 60.7 Å². The van der Waals surface area contributed by atoms with Gasteiger partial charge in [-0.15, -0.1) is 0 Å². The molecular formula is C22H22NNaO5S. The van der Waals surface area contributed by atoms with Crippen LogP contribution in [-0.2, 0) is 10.1 Å². The Hall–Kier alpha value is -1.71. The van der Waals surface area contributed by atoms with Crippen molar-refractivity contribution in [3.63, 3.8) is 0 Å². The van der Waals surface area contributed by atoms with E-state index in [4.69, 9.17) is 0 Å². The van der Waals surface area contributed by atoms with Gasteiger partial charge in [0.1, 0.15) is 10.1 Å². The van der Waals surface area contributed by atoms with Crippen LogP contribution >= 0.6 is 0 Å². The summed E-state index contributed by atoms with van der Waals surface area (Å²) in [5.41, 5.74) is 1.99. The molecule has 0 aliphatic rings. The third-order valence-electron chi connectivity index (χ3n) is 4.79. The summed E-state index contributed by atoms with van der Waals surface area (Å²) < 4.78 is 34.7. The number of rotatable bonds is 8. The first-order chi connectivity index (χ1) is 14.0. The Morgan fingerprint density at radius 2 is 1.23 bits per heavy atom. The molecule has 152 valence electrons. The van der Waals surface area contributed by atoms with E-state index in [9.17, 15) is 23.2 Å². The van der Waals surface area contributed by atoms with Gasteiger partial charge in [0.15, 0.2) is 0 Å². The SMILES string of the molecule is O=S(=O)([O-])c1cccc(N(C(CO)c2ccccc2)C(CO)c2ccccc2)c1.[Na+]. The molecule has 0 spiro atoms. The van der Waals surface area contributed by atoms with Crippen LogP contribution in [-0.4, -0.2) is 36.4 Å². The van der Waals surface area contributed by atoms with E-state index in [0.29, 0.717) is 5.69 Å². The summed E-state index contributed by atoms with van der Waals surface area (Å²) in [6.45, 7) is -0.552. The molecule has 0 saturated carbocycles. The average Bonchev–Trinajstić information content (AvgIpc) is 2.75. The molecule has 0 heterocycles. The van der Waals surface area contributed by atoms with E-state index in [2.05, 4.69) is 0 Å². The summed E-state index contributed by atoms with van der Waals surface area (Å²) >= 11 is 0. The Morgan fingerprint density at radius 3 is 1.63 bits per heavy atom. The Balaban J connectivity index is 0.00000320. The second kappa shape index (κ2) is 11.1. The van der Waals surface area contributed by atoms with E-state index in [-0.39, 0.29) is 47.7 Å². The van der Waals surface area contributed by atoms with Crippen LogP contribution in [0.15, 0.2) is 89.8 Å². The Labute approximate surface area is 198 Å². The fourth-order valence-corrected chi connectivity index (χ4v) is 3.95. The van der Waals surface area contributed by atoms with Crippen LogP contribution in [0.2, 0.25) is 0 Å². The van der Waals surface area contributed by atoms with E-state index >= 15 is 0 Å². The molecule has 3 aromatic carbocycles. The summed E-state index contributed by atoms with van der Waals surface area (Å²) in [5.74, 6) is 0. The van der Waals surface area contributed by atoms with Gasteiger partial charge in [-0.2, -0.15) is 0 Å². The van der Waals surface area contributed by atoms with Crippen molar-refractivity contribution in [1.29, 1.82) is 0 Å². The first-order valence-corrected chi connectivity index (χ1v) is 10.5. The van der Waals surface area contributed by atoms with Crippen molar-refractivity contribution in [2.24, 2.45) is 0 Å². The van der Waals surface area contributed by atoms with Crippen molar-refractivity contribution in [3.8, 4) is 0 Å². The molecule has 2 unspecified atom stereocenters. The van der Waals surface area contributed by atoms with Crippen LogP contribution in [0.4, 0.5) is 5.69 Å². The third kappa shape index (κ3) is 5.70. The first kappa shape index (κ1) is 24.6. The number of benzene rings is 3. The normalized spacial score (nSPS) is 13.2. The molecule has 0 saturated heterocycles. The minimum absolute atomic E-state index is 0.